The van der Waals surface area contributed by atoms with E-state index >= 15 is 0 Å². The molecule has 0 saturated carbocycles. The van der Waals surface area contributed by atoms with E-state index in [1.165, 1.54) is 25.1 Å². The van der Waals surface area contributed by atoms with E-state index in [2.05, 4.69) is 0 Å². The highest BCUT2D eigenvalue weighted by molar-refractivity contribution is 7.86. The summed E-state index contributed by atoms with van der Waals surface area (Å²) in [5.74, 6) is -1.54. The monoisotopic (exact) mass is 403 g/mol. The van der Waals surface area contributed by atoms with E-state index in [1.54, 1.807) is 30.3 Å². The fourth-order valence-electron chi connectivity index (χ4n) is 2.74. The van der Waals surface area contributed by atoms with Gasteiger partial charge < -0.3 is 4.74 Å². The standard InChI is InChI=1S/C19H17NO7S/c1-12(28(24,25)26)9-10-20-17(21)15-8-7-13(11-16(15)18(20)22)19(23)27-14-5-3-2-4-6-14/h2-8,11-12H,9-10H2,1H3,(H,24,25,26). The number of nitrogens with zero attached hydrogens (tertiary/aromatic N) is 1. The highest BCUT2D eigenvalue weighted by atomic mass is 32.2. The van der Waals surface area contributed by atoms with Gasteiger partial charge in [-0.2, -0.15) is 8.42 Å². The molecule has 8 nitrogen and oxygen atoms in total. The number of rotatable bonds is 6. The average molecular weight is 403 g/mol. The van der Waals surface area contributed by atoms with E-state index < -0.39 is 33.2 Å². The first-order valence-electron chi connectivity index (χ1n) is 8.42. The SMILES string of the molecule is CC(CCN1C(=O)c2ccc(C(=O)Oc3ccccc3)cc2C1=O)S(=O)(=O)O. The molecule has 1 aliphatic rings. The Hall–Kier alpha value is -3.04. The van der Waals surface area contributed by atoms with Crippen molar-refractivity contribution in [3.8, 4) is 5.75 Å². The third kappa shape index (κ3) is 3.95. The highest BCUT2D eigenvalue weighted by Crippen LogP contribution is 2.25. The van der Waals surface area contributed by atoms with Gasteiger partial charge in [-0.1, -0.05) is 18.2 Å². The van der Waals surface area contributed by atoms with Gasteiger partial charge in [0.2, 0.25) is 0 Å². The van der Waals surface area contributed by atoms with Crippen LogP contribution in [0.15, 0.2) is 48.5 Å². The maximum Gasteiger partial charge on any atom is 0.343 e. The van der Waals surface area contributed by atoms with Crippen LogP contribution in [0.25, 0.3) is 0 Å². The summed E-state index contributed by atoms with van der Waals surface area (Å²) in [5, 5.41) is -1.12. The first-order chi connectivity index (χ1) is 13.2. The van der Waals surface area contributed by atoms with Crippen molar-refractivity contribution in [2.75, 3.05) is 6.54 Å². The van der Waals surface area contributed by atoms with Crippen LogP contribution in [0.2, 0.25) is 0 Å². The third-order valence-corrected chi connectivity index (χ3v) is 5.68. The molecule has 0 aromatic heterocycles. The Morgan fingerprint density at radius 2 is 1.71 bits per heavy atom. The summed E-state index contributed by atoms with van der Waals surface area (Å²) in [4.78, 5) is 38.1. The highest BCUT2D eigenvalue weighted by Gasteiger charge is 2.36. The van der Waals surface area contributed by atoms with Crippen LogP contribution >= 0.6 is 0 Å². The third-order valence-electron chi connectivity index (χ3n) is 4.43. The van der Waals surface area contributed by atoms with E-state index in [-0.39, 0.29) is 29.7 Å². The van der Waals surface area contributed by atoms with Crippen molar-refractivity contribution in [3.05, 3.63) is 65.2 Å². The summed E-state index contributed by atoms with van der Waals surface area (Å²) in [5.41, 5.74) is 0.282. The second-order valence-corrected chi connectivity index (χ2v) is 8.17. The van der Waals surface area contributed by atoms with Gasteiger partial charge >= 0.3 is 5.97 Å². The van der Waals surface area contributed by atoms with E-state index in [1.807, 2.05) is 0 Å². The Bertz CT molecular complexity index is 1050. The van der Waals surface area contributed by atoms with Gasteiger partial charge in [-0.25, -0.2) is 4.79 Å². The smallest absolute Gasteiger partial charge is 0.343 e. The van der Waals surface area contributed by atoms with Crippen molar-refractivity contribution < 1.29 is 32.1 Å². The van der Waals surface area contributed by atoms with Crippen molar-refractivity contribution in [2.24, 2.45) is 0 Å². The minimum atomic E-state index is -4.26. The molecule has 9 heteroatoms. The number of fused-ring (bicyclic) bond motifs is 1. The molecule has 1 N–H and O–H groups in total. The van der Waals surface area contributed by atoms with Gasteiger partial charge in [0.05, 0.1) is 21.9 Å². The van der Waals surface area contributed by atoms with Crippen molar-refractivity contribution in [2.45, 2.75) is 18.6 Å². The Kier molecular flexibility index (Phi) is 5.30. The van der Waals surface area contributed by atoms with Gasteiger partial charge in [0.1, 0.15) is 5.75 Å². The minimum Gasteiger partial charge on any atom is -0.423 e. The first kappa shape index (κ1) is 19.7. The van der Waals surface area contributed by atoms with Crippen LogP contribution in [-0.2, 0) is 10.1 Å². The second kappa shape index (κ2) is 7.53. The van der Waals surface area contributed by atoms with Crippen molar-refractivity contribution >= 4 is 27.9 Å². The van der Waals surface area contributed by atoms with Crippen LogP contribution in [0.3, 0.4) is 0 Å². The van der Waals surface area contributed by atoms with Crippen LogP contribution < -0.4 is 4.74 Å². The molecule has 0 radical (unpaired) electrons. The zero-order valence-corrected chi connectivity index (χ0v) is 15.7. The number of esters is 1. The van der Waals surface area contributed by atoms with Crippen LogP contribution in [0.4, 0.5) is 0 Å². The number of benzene rings is 2. The Morgan fingerprint density at radius 1 is 1.07 bits per heavy atom. The van der Waals surface area contributed by atoms with E-state index in [0.717, 1.165) is 4.90 Å². The molecule has 0 bridgehead atoms. The molecule has 1 unspecified atom stereocenters. The van der Waals surface area contributed by atoms with Crippen LogP contribution in [0.5, 0.6) is 5.75 Å². The lowest BCUT2D eigenvalue weighted by atomic mass is 10.1. The normalized spacial score (nSPS) is 14.7. The first-order valence-corrected chi connectivity index (χ1v) is 9.92. The summed E-state index contributed by atoms with van der Waals surface area (Å²) in [6.07, 6.45) is -0.104. The van der Waals surface area contributed by atoms with Crippen LogP contribution in [0.1, 0.15) is 44.4 Å². The van der Waals surface area contributed by atoms with E-state index in [0.29, 0.717) is 5.75 Å². The zero-order valence-electron chi connectivity index (χ0n) is 14.9. The molecule has 0 spiro atoms. The van der Waals surface area contributed by atoms with Gasteiger partial charge in [-0.3, -0.25) is 19.0 Å². The predicted octanol–water partition coefficient (Wildman–Crippen LogP) is 2.17. The number of hydrogen-bond donors (Lipinski definition) is 1. The average Bonchev–Trinajstić information content (AvgIpc) is 2.90. The summed E-state index contributed by atoms with van der Waals surface area (Å²) in [6.45, 7) is 1.11. The Labute approximate surface area is 161 Å². The molecular weight excluding hydrogens is 386 g/mol. The fraction of sp³-hybridized carbons (Fsp3) is 0.211. The number of hydrogen-bond acceptors (Lipinski definition) is 6. The fourth-order valence-corrected chi connectivity index (χ4v) is 3.14. The summed E-state index contributed by atoms with van der Waals surface area (Å²) in [6, 6.07) is 12.4. The summed E-state index contributed by atoms with van der Waals surface area (Å²) in [7, 11) is -4.26. The molecule has 146 valence electrons. The molecular formula is C19H17NO7S. The number of para-hydroxylation sites is 1. The molecule has 0 aliphatic carbocycles. The second-order valence-electron chi connectivity index (χ2n) is 6.34. The number of carbonyl (C=O) groups excluding carboxylic acids is 3. The van der Waals surface area contributed by atoms with Gasteiger partial charge in [-0.05, 0) is 43.7 Å². The van der Waals surface area contributed by atoms with Crippen molar-refractivity contribution in [3.63, 3.8) is 0 Å². The molecule has 1 aliphatic heterocycles. The van der Waals surface area contributed by atoms with Crippen LogP contribution in [0, 0.1) is 0 Å². The van der Waals surface area contributed by atoms with Crippen molar-refractivity contribution in [1.82, 2.24) is 4.90 Å². The molecule has 28 heavy (non-hydrogen) atoms. The molecule has 2 aromatic rings. The summed E-state index contributed by atoms with van der Waals surface area (Å²) < 4.78 is 36.4. The van der Waals surface area contributed by atoms with Gasteiger partial charge in [0, 0.05) is 6.54 Å². The lowest BCUT2D eigenvalue weighted by Gasteiger charge is -2.15. The Morgan fingerprint density at radius 3 is 2.36 bits per heavy atom. The van der Waals surface area contributed by atoms with Crippen molar-refractivity contribution in [1.29, 1.82) is 0 Å². The van der Waals surface area contributed by atoms with Gasteiger partial charge in [0.15, 0.2) is 0 Å². The predicted molar refractivity (Wildman–Crippen MR) is 98.8 cm³/mol. The number of amides is 2. The summed E-state index contributed by atoms with van der Waals surface area (Å²) >= 11 is 0. The number of imide groups is 1. The molecule has 0 saturated heterocycles. The maximum atomic E-state index is 12.5. The largest absolute Gasteiger partial charge is 0.423 e. The lowest BCUT2D eigenvalue weighted by Crippen LogP contribution is -2.33. The maximum absolute atomic E-state index is 12.5. The molecule has 1 heterocycles. The molecule has 2 aromatic carbocycles. The molecule has 2 amide bonds. The van der Waals surface area contributed by atoms with Crippen LogP contribution in [-0.4, -0.2) is 47.4 Å². The Balaban J connectivity index is 1.77. The van der Waals surface area contributed by atoms with Gasteiger partial charge in [0.25, 0.3) is 21.9 Å². The zero-order chi connectivity index (χ0) is 20.5. The minimum absolute atomic E-state index is 0.0482. The quantitative estimate of drug-likeness (QED) is 0.340. The lowest BCUT2D eigenvalue weighted by molar-refractivity contribution is 0.0651. The molecule has 0 fully saturated rings. The number of ether oxygens (including phenoxy) is 1. The molecule has 1 atom stereocenters. The van der Waals surface area contributed by atoms with E-state index in [9.17, 15) is 22.8 Å². The topological polar surface area (TPSA) is 118 Å². The van der Waals surface area contributed by atoms with E-state index in [4.69, 9.17) is 9.29 Å². The molecule has 3 rings (SSSR count). The van der Waals surface area contributed by atoms with Gasteiger partial charge in [-0.15, -0.1) is 0 Å². The number of carbonyl (C=O) groups is 3.